The number of nitrogens with one attached hydrogen (secondary N) is 1. The van der Waals surface area contributed by atoms with E-state index >= 15 is 0 Å². The molecule has 0 atom stereocenters. The van der Waals surface area contributed by atoms with Gasteiger partial charge >= 0.3 is 0 Å². The number of amides is 1. The third kappa shape index (κ3) is 2.28. The lowest BCUT2D eigenvalue weighted by Gasteiger charge is -2.07. The summed E-state index contributed by atoms with van der Waals surface area (Å²) in [6.45, 7) is 0. The maximum absolute atomic E-state index is 11.3. The van der Waals surface area contributed by atoms with Crippen molar-refractivity contribution in [3.8, 4) is 11.1 Å². The average molecular weight is 226 g/mol. The van der Waals surface area contributed by atoms with Crippen LogP contribution in [0.25, 0.3) is 11.1 Å². The first-order chi connectivity index (χ1) is 8.22. The van der Waals surface area contributed by atoms with Crippen molar-refractivity contribution in [2.75, 3.05) is 12.4 Å². The molecule has 2 aromatic rings. The lowest BCUT2D eigenvalue weighted by atomic mass is 9.99. The topological polar surface area (TPSA) is 55.1 Å². The summed E-state index contributed by atoms with van der Waals surface area (Å²) in [5.74, 6) is -0.404. The largest absolute Gasteiger partial charge is 0.388 e. The smallest absolute Gasteiger partial charge is 0.249 e. The first-order valence-electron chi connectivity index (χ1n) is 5.39. The monoisotopic (exact) mass is 226 g/mol. The second-order valence-electron chi connectivity index (χ2n) is 3.74. The van der Waals surface area contributed by atoms with Crippen LogP contribution in [-0.2, 0) is 0 Å². The molecule has 1 amide bonds. The third-order valence-electron chi connectivity index (χ3n) is 2.68. The van der Waals surface area contributed by atoms with Crippen LogP contribution in [0.15, 0.2) is 48.5 Å². The molecule has 0 aliphatic heterocycles. The standard InChI is InChI=1S/C14H14N2O/c1-16-11-8-6-10(7-9-11)12-4-2-3-5-13(12)14(15)17/h2-9,16H,1H3,(H2,15,17). The normalized spacial score (nSPS) is 9.94. The molecule has 0 saturated carbocycles. The molecule has 0 fully saturated rings. The summed E-state index contributed by atoms with van der Waals surface area (Å²) >= 11 is 0. The maximum atomic E-state index is 11.3. The van der Waals surface area contributed by atoms with Gasteiger partial charge in [0.2, 0.25) is 5.91 Å². The summed E-state index contributed by atoms with van der Waals surface area (Å²) in [4.78, 5) is 11.3. The number of hydrogen-bond donors (Lipinski definition) is 2. The van der Waals surface area contributed by atoms with Gasteiger partial charge in [-0.15, -0.1) is 0 Å². The SMILES string of the molecule is CNc1ccc(-c2ccccc2C(N)=O)cc1. The maximum Gasteiger partial charge on any atom is 0.249 e. The van der Waals surface area contributed by atoms with Gasteiger partial charge in [-0.05, 0) is 29.3 Å². The van der Waals surface area contributed by atoms with E-state index in [2.05, 4.69) is 5.32 Å². The van der Waals surface area contributed by atoms with Gasteiger partial charge < -0.3 is 11.1 Å². The molecule has 2 rings (SSSR count). The molecule has 0 aromatic heterocycles. The Morgan fingerprint density at radius 2 is 1.71 bits per heavy atom. The number of carbonyl (C=O) groups excluding carboxylic acids is 1. The van der Waals surface area contributed by atoms with E-state index < -0.39 is 5.91 Å². The molecule has 2 aromatic carbocycles. The third-order valence-corrected chi connectivity index (χ3v) is 2.68. The van der Waals surface area contributed by atoms with Crippen LogP contribution in [0.2, 0.25) is 0 Å². The molecule has 0 spiro atoms. The zero-order valence-electron chi connectivity index (χ0n) is 9.60. The Labute approximate surface area is 100 Å². The van der Waals surface area contributed by atoms with Gasteiger partial charge in [-0.25, -0.2) is 0 Å². The summed E-state index contributed by atoms with van der Waals surface area (Å²) in [7, 11) is 1.87. The van der Waals surface area contributed by atoms with Gasteiger partial charge in [-0.1, -0.05) is 30.3 Å². The number of rotatable bonds is 3. The fraction of sp³-hybridized carbons (Fsp3) is 0.0714. The van der Waals surface area contributed by atoms with E-state index in [1.54, 1.807) is 6.07 Å². The van der Waals surface area contributed by atoms with Crippen LogP contribution in [0, 0.1) is 0 Å². The van der Waals surface area contributed by atoms with Crippen LogP contribution in [0.1, 0.15) is 10.4 Å². The molecule has 0 radical (unpaired) electrons. The van der Waals surface area contributed by atoms with Crippen LogP contribution < -0.4 is 11.1 Å². The molecule has 3 N–H and O–H groups in total. The Hall–Kier alpha value is -2.29. The van der Waals surface area contributed by atoms with Gasteiger partial charge in [0.1, 0.15) is 0 Å². The quantitative estimate of drug-likeness (QED) is 0.844. The van der Waals surface area contributed by atoms with E-state index in [0.717, 1.165) is 16.8 Å². The Bertz CT molecular complexity index is 532. The summed E-state index contributed by atoms with van der Waals surface area (Å²) < 4.78 is 0. The highest BCUT2D eigenvalue weighted by Gasteiger charge is 2.08. The average Bonchev–Trinajstić information content (AvgIpc) is 2.39. The van der Waals surface area contributed by atoms with E-state index in [1.807, 2.05) is 49.5 Å². The molecule has 0 unspecified atom stereocenters. The number of anilines is 1. The van der Waals surface area contributed by atoms with Gasteiger partial charge in [0.05, 0.1) is 0 Å². The highest BCUT2D eigenvalue weighted by Crippen LogP contribution is 2.24. The summed E-state index contributed by atoms with van der Waals surface area (Å²) in [5.41, 5.74) is 8.78. The molecule has 86 valence electrons. The number of benzene rings is 2. The first-order valence-corrected chi connectivity index (χ1v) is 5.39. The van der Waals surface area contributed by atoms with Crippen LogP contribution in [0.5, 0.6) is 0 Å². The summed E-state index contributed by atoms with van der Waals surface area (Å²) in [6.07, 6.45) is 0. The van der Waals surface area contributed by atoms with Crippen molar-refractivity contribution in [1.29, 1.82) is 0 Å². The molecule has 0 saturated heterocycles. The van der Waals surface area contributed by atoms with Crippen LogP contribution in [0.3, 0.4) is 0 Å². The van der Waals surface area contributed by atoms with Gasteiger partial charge in [0.25, 0.3) is 0 Å². The minimum Gasteiger partial charge on any atom is -0.388 e. The Kier molecular flexibility index (Phi) is 3.10. The fourth-order valence-electron chi connectivity index (χ4n) is 1.77. The second kappa shape index (κ2) is 4.70. The molecule has 0 aliphatic rings. The highest BCUT2D eigenvalue weighted by molar-refractivity contribution is 5.99. The molecule has 17 heavy (non-hydrogen) atoms. The van der Waals surface area contributed by atoms with Crippen molar-refractivity contribution in [2.45, 2.75) is 0 Å². The minimum atomic E-state index is -0.404. The summed E-state index contributed by atoms with van der Waals surface area (Å²) in [5, 5.41) is 3.05. The fourth-order valence-corrected chi connectivity index (χ4v) is 1.77. The van der Waals surface area contributed by atoms with Crippen molar-refractivity contribution in [1.82, 2.24) is 0 Å². The zero-order chi connectivity index (χ0) is 12.3. The van der Waals surface area contributed by atoms with Crippen molar-refractivity contribution in [3.05, 3.63) is 54.1 Å². The van der Waals surface area contributed by atoms with Crippen LogP contribution >= 0.6 is 0 Å². The number of carbonyl (C=O) groups is 1. The van der Waals surface area contributed by atoms with Crippen molar-refractivity contribution < 1.29 is 4.79 Å². The highest BCUT2D eigenvalue weighted by atomic mass is 16.1. The lowest BCUT2D eigenvalue weighted by molar-refractivity contribution is 0.100. The lowest BCUT2D eigenvalue weighted by Crippen LogP contribution is -2.12. The van der Waals surface area contributed by atoms with Crippen LogP contribution in [-0.4, -0.2) is 13.0 Å². The number of hydrogen-bond acceptors (Lipinski definition) is 2. The molecule has 0 aliphatic carbocycles. The van der Waals surface area contributed by atoms with Gasteiger partial charge in [-0.3, -0.25) is 4.79 Å². The minimum absolute atomic E-state index is 0.404. The Morgan fingerprint density at radius 1 is 1.06 bits per heavy atom. The number of nitrogens with two attached hydrogens (primary N) is 1. The van der Waals surface area contributed by atoms with E-state index in [4.69, 9.17) is 5.73 Å². The van der Waals surface area contributed by atoms with Gasteiger partial charge in [-0.2, -0.15) is 0 Å². The molecule has 0 heterocycles. The number of primary amides is 1. The van der Waals surface area contributed by atoms with Gasteiger partial charge in [0, 0.05) is 18.3 Å². The zero-order valence-corrected chi connectivity index (χ0v) is 9.60. The molecular weight excluding hydrogens is 212 g/mol. The van der Waals surface area contributed by atoms with E-state index in [9.17, 15) is 4.79 Å². The Balaban J connectivity index is 2.48. The summed E-state index contributed by atoms with van der Waals surface area (Å²) in [6, 6.07) is 15.2. The Morgan fingerprint density at radius 3 is 2.29 bits per heavy atom. The molecular formula is C14H14N2O. The van der Waals surface area contributed by atoms with E-state index in [1.165, 1.54) is 0 Å². The first kappa shape index (κ1) is 11.2. The predicted octanol–water partition coefficient (Wildman–Crippen LogP) is 2.49. The molecule has 3 heteroatoms. The molecule has 3 nitrogen and oxygen atoms in total. The van der Waals surface area contributed by atoms with Crippen molar-refractivity contribution in [3.63, 3.8) is 0 Å². The van der Waals surface area contributed by atoms with Crippen molar-refractivity contribution in [2.24, 2.45) is 5.73 Å². The second-order valence-corrected chi connectivity index (χ2v) is 3.74. The van der Waals surface area contributed by atoms with Gasteiger partial charge in [0.15, 0.2) is 0 Å². The van der Waals surface area contributed by atoms with Crippen molar-refractivity contribution >= 4 is 11.6 Å². The molecule has 0 bridgehead atoms. The van der Waals surface area contributed by atoms with Crippen LogP contribution in [0.4, 0.5) is 5.69 Å². The van der Waals surface area contributed by atoms with E-state index in [0.29, 0.717) is 5.56 Å². The predicted molar refractivity (Wildman–Crippen MR) is 69.9 cm³/mol. The van der Waals surface area contributed by atoms with E-state index in [-0.39, 0.29) is 0 Å².